The fourth-order valence-corrected chi connectivity index (χ4v) is 3.46. The van der Waals surface area contributed by atoms with E-state index in [0.29, 0.717) is 5.16 Å². The number of nitrogens with one attached hydrogen (secondary N) is 3. The Kier molecular flexibility index (Phi) is 5.14. The second kappa shape index (κ2) is 7.47. The molecule has 3 rings (SSSR count). The average molecular weight is 350 g/mol. The van der Waals surface area contributed by atoms with Crippen molar-refractivity contribution in [3.63, 3.8) is 0 Å². The summed E-state index contributed by atoms with van der Waals surface area (Å²) in [6.07, 6.45) is 6.29. The zero-order valence-corrected chi connectivity index (χ0v) is 13.8. The molecule has 0 atom stereocenters. The van der Waals surface area contributed by atoms with Crippen LogP contribution in [0.15, 0.2) is 27.1 Å². The Bertz CT molecular complexity index is 807. The van der Waals surface area contributed by atoms with Crippen LogP contribution < -0.4 is 16.6 Å². The number of H-pyrrole nitrogens is 2. The van der Waals surface area contributed by atoms with Crippen LogP contribution in [0.2, 0.25) is 0 Å². The van der Waals surface area contributed by atoms with Gasteiger partial charge in [0.1, 0.15) is 12.1 Å². The summed E-state index contributed by atoms with van der Waals surface area (Å²) in [7, 11) is 0. The molecule has 1 aliphatic rings. The van der Waals surface area contributed by atoms with Crippen LogP contribution in [-0.4, -0.2) is 36.4 Å². The van der Waals surface area contributed by atoms with Gasteiger partial charge in [0.15, 0.2) is 5.16 Å². The van der Waals surface area contributed by atoms with E-state index >= 15 is 0 Å². The van der Waals surface area contributed by atoms with Crippen molar-refractivity contribution in [2.75, 3.05) is 11.1 Å². The molecular formula is C14H18N6O3S. The van der Waals surface area contributed by atoms with Crippen molar-refractivity contribution in [2.45, 2.75) is 43.3 Å². The van der Waals surface area contributed by atoms with Gasteiger partial charge >= 0.3 is 5.69 Å². The standard InChI is InChI=1S/C14H18N6O3S/c21-11-6-10(17-12(22)7-24-13-15-8-16-19-13)20(14(23)18-11)9-4-2-1-3-5-9/h6,8-9H,1-5,7H2,(H,17,22)(H,15,16,19)(H,18,21,23). The lowest BCUT2D eigenvalue weighted by Gasteiger charge is -2.26. The molecule has 2 heterocycles. The van der Waals surface area contributed by atoms with Gasteiger partial charge in [-0.1, -0.05) is 31.0 Å². The lowest BCUT2D eigenvalue weighted by molar-refractivity contribution is -0.113. The first-order chi connectivity index (χ1) is 11.6. The van der Waals surface area contributed by atoms with Gasteiger partial charge in [0, 0.05) is 12.1 Å². The van der Waals surface area contributed by atoms with Gasteiger partial charge < -0.3 is 5.32 Å². The predicted octanol–water partition coefficient (Wildman–Crippen LogP) is 0.891. The molecular weight excluding hydrogens is 332 g/mol. The zero-order valence-electron chi connectivity index (χ0n) is 12.9. The van der Waals surface area contributed by atoms with Crippen LogP contribution in [-0.2, 0) is 4.79 Å². The fourth-order valence-electron chi connectivity index (χ4n) is 2.88. The molecule has 0 bridgehead atoms. The number of amides is 1. The first kappa shape index (κ1) is 16.5. The molecule has 3 N–H and O–H groups in total. The van der Waals surface area contributed by atoms with E-state index in [-0.39, 0.29) is 23.5 Å². The molecule has 0 unspecified atom stereocenters. The second-order valence-electron chi connectivity index (χ2n) is 5.61. The maximum Gasteiger partial charge on any atom is 0.330 e. The Morgan fingerprint density at radius 3 is 2.83 bits per heavy atom. The third-order valence-electron chi connectivity index (χ3n) is 3.92. The highest BCUT2D eigenvalue weighted by molar-refractivity contribution is 7.99. The third kappa shape index (κ3) is 3.94. The number of nitrogens with zero attached hydrogens (tertiary/aromatic N) is 3. The number of anilines is 1. The molecule has 24 heavy (non-hydrogen) atoms. The lowest BCUT2D eigenvalue weighted by atomic mass is 9.95. The predicted molar refractivity (Wildman–Crippen MR) is 89.2 cm³/mol. The van der Waals surface area contributed by atoms with Crippen LogP contribution in [0, 0.1) is 0 Å². The Labute approximate surface area is 141 Å². The number of aromatic amines is 2. The molecule has 1 amide bonds. The van der Waals surface area contributed by atoms with Crippen LogP contribution >= 0.6 is 11.8 Å². The number of hydrogen-bond donors (Lipinski definition) is 3. The van der Waals surface area contributed by atoms with E-state index in [1.54, 1.807) is 0 Å². The SMILES string of the molecule is O=C(CSc1ncn[nH]1)Nc1cc(=O)[nH]c(=O)n1C1CCCCC1. The van der Waals surface area contributed by atoms with Crippen LogP contribution in [0.3, 0.4) is 0 Å². The topological polar surface area (TPSA) is 126 Å². The second-order valence-corrected chi connectivity index (χ2v) is 6.58. The van der Waals surface area contributed by atoms with E-state index in [4.69, 9.17) is 0 Å². The lowest BCUT2D eigenvalue weighted by Crippen LogP contribution is -2.36. The number of carbonyl (C=O) groups excluding carboxylic acids is 1. The van der Waals surface area contributed by atoms with Crippen LogP contribution in [0.5, 0.6) is 0 Å². The molecule has 9 nitrogen and oxygen atoms in total. The normalized spacial score (nSPS) is 15.3. The van der Waals surface area contributed by atoms with Gasteiger partial charge in [0.05, 0.1) is 5.75 Å². The van der Waals surface area contributed by atoms with Gasteiger partial charge in [-0.15, -0.1) is 0 Å². The van der Waals surface area contributed by atoms with E-state index in [1.165, 1.54) is 28.7 Å². The molecule has 0 radical (unpaired) electrons. The highest BCUT2D eigenvalue weighted by Gasteiger charge is 2.20. The van der Waals surface area contributed by atoms with E-state index in [0.717, 1.165) is 32.1 Å². The Morgan fingerprint density at radius 1 is 1.33 bits per heavy atom. The molecule has 0 aromatic carbocycles. The summed E-state index contributed by atoms with van der Waals surface area (Å²) in [5.41, 5.74) is -1.00. The first-order valence-electron chi connectivity index (χ1n) is 7.77. The molecule has 1 saturated carbocycles. The molecule has 0 saturated heterocycles. The maximum absolute atomic E-state index is 12.2. The number of carbonyl (C=O) groups is 1. The molecule has 10 heteroatoms. The molecule has 0 aliphatic heterocycles. The molecule has 0 spiro atoms. The van der Waals surface area contributed by atoms with Crippen molar-refractivity contribution in [1.82, 2.24) is 24.7 Å². The summed E-state index contributed by atoms with van der Waals surface area (Å²) in [4.78, 5) is 42.2. The van der Waals surface area contributed by atoms with Crippen molar-refractivity contribution in [1.29, 1.82) is 0 Å². The first-order valence-corrected chi connectivity index (χ1v) is 8.76. The summed E-state index contributed by atoms with van der Waals surface area (Å²) in [6, 6.07) is 1.26. The number of rotatable bonds is 5. The summed E-state index contributed by atoms with van der Waals surface area (Å²) >= 11 is 1.19. The van der Waals surface area contributed by atoms with E-state index in [9.17, 15) is 14.4 Å². The number of aromatic nitrogens is 5. The molecule has 2 aromatic rings. The van der Waals surface area contributed by atoms with Crippen molar-refractivity contribution in [3.8, 4) is 0 Å². The van der Waals surface area contributed by atoms with Gasteiger partial charge in [0.25, 0.3) is 5.56 Å². The average Bonchev–Trinajstić information content (AvgIpc) is 3.07. The summed E-state index contributed by atoms with van der Waals surface area (Å²) in [6.45, 7) is 0. The molecule has 1 fully saturated rings. The Hall–Kier alpha value is -2.36. The van der Waals surface area contributed by atoms with Crippen molar-refractivity contribution in [2.24, 2.45) is 0 Å². The van der Waals surface area contributed by atoms with Gasteiger partial charge in [-0.2, -0.15) is 5.10 Å². The van der Waals surface area contributed by atoms with E-state index in [2.05, 4.69) is 25.5 Å². The number of hydrogen-bond acceptors (Lipinski definition) is 6. The molecule has 2 aromatic heterocycles. The van der Waals surface area contributed by atoms with Gasteiger partial charge in [0.2, 0.25) is 5.91 Å². The summed E-state index contributed by atoms with van der Waals surface area (Å²) in [5, 5.41) is 9.55. The van der Waals surface area contributed by atoms with Crippen LogP contribution in [0.4, 0.5) is 5.82 Å². The summed E-state index contributed by atoms with van der Waals surface area (Å²) in [5.74, 6) is 0.0330. The van der Waals surface area contributed by atoms with Gasteiger partial charge in [-0.3, -0.25) is 24.2 Å². The minimum atomic E-state index is -0.523. The van der Waals surface area contributed by atoms with E-state index < -0.39 is 11.2 Å². The molecule has 128 valence electrons. The van der Waals surface area contributed by atoms with E-state index in [1.807, 2.05) is 0 Å². The summed E-state index contributed by atoms with van der Waals surface area (Å²) < 4.78 is 1.50. The Balaban J connectivity index is 1.77. The van der Waals surface area contributed by atoms with Gasteiger partial charge in [-0.25, -0.2) is 9.78 Å². The molecule has 1 aliphatic carbocycles. The van der Waals surface area contributed by atoms with Crippen molar-refractivity contribution < 1.29 is 4.79 Å². The Morgan fingerprint density at radius 2 is 2.12 bits per heavy atom. The van der Waals surface area contributed by atoms with Crippen LogP contribution in [0.25, 0.3) is 0 Å². The zero-order chi connectivity index (χ0) is 16.9. The highest BCUT2D eigenvalue weighted by atomic mass is 32.2. The minimum Gasteiger partial charge on any atom is -0.311 e. The van der Waals surface area contributed by atoms with Crippen LogP contribution in [0.1, 0.15) is 38.1 Å². The highest BCUT2D eigenvalue weighted by Crippen LogP contribution is 2.28. The third-order valence-corrected chi connectivity index (χ3v) is 4.79. The maximum atomic E-state index is 12.2. The smallest absolute Gasteiger partial charge is 0.311 e. The van der Waals surface area contributed by atoms with Crippen molar-refractivity contribution >= 4 is 23.5 Å². The van der Waals surface area contributed by atoms with Crippen molar-refractivity contribution in [3.05, 3.63) is 33.2 Å². The minimum absolute atomic E-state index is 0.000303. The fraction of sp³-hybridized carbons (Fsp3) is 0.500. The largest absolute Gasteiger partial charge is 0.330 e. The monoisotopic (exact) mass is 350 g/mol. The number of thioether (sulfide) groups is 1. The quantitative estimate of drug-likeness (QED) is 0.688. The van der Waals surface area contributed by atoms with Gasteiger partial charge in [-0.05, 0) is 12.8 Å².